The molecule has 1 fully saturated rings. The molecule has 2 heterocycles. The number of hydrogen-bond donors (Lipinski definition) is 1. The Kier molecular flexibility index (Phi) is 8.09. The highest BCUT2D eigenvalue weighted by Crippen LogP contribution is 2.33. The number of nitrogens with zero attached hydrogens (tertiary/aromatic N) is 3. The van der Waals surface area contributed by atoms with E-state index < -0.39 is 0 Å². The Morgan fingerprint density at radius 3 is 2.26 bits per heavy atom. The van der Waals surface area contributed by atoms with E-state index in [9.17, 15) is 14.7 Å². The fraction of sp³-hybridized carbons (Fsp3) is 0.583. The Labute approximate surface area is 185 Å². The smallest absolute Gasteiger partial charge is 0.277 e. The molecule has 0 aromatic heterocycles. The molecule has 0 spiro atoms. The zero-order valence-electron chi connectivity index (χ0n) is 19.0. The monoisotopic (exact) mass is 429 g/mol. The largest absolute Gasteiger partial charge is 0.493 e. The van der Waals surface area contributed by atoms with Gasteiger partial charge < -0.3 is 14.7 Å². The second-order valence-corrected chi connectivity index (χ2v) is 8.62. The van der Waals surface area contributed by atoms with Crippen molar-refractivity contribution in [2.45, 2.75) is 33.6 Å². The van der Waals surface area contributed by atoms with Crippen LogP contribution in [0.5, 0.6) is 5.75 Å². The van der Waals surface area contributed by atoms with Crippen molar-refractivity contribution in [1.29, 1.82) is 0 Å². The van der Waals surface area contributed by atoms with Crippen LogP contribution >= 0.6 is 0 Å². The first-order valence-electron chi connectivity index (χ1n) is 11.4. The fourth-order valence-corrected chi connectivity index (χ4v) is 3.95. The van der Waals surface area contributed by atoms with E-state index in [-0.39, 0.29) is 18.4 Å². The van der Waals surface area contributed by atoms with Gasteiger partial charge in [0, 0.05) is 39.3 Å². The molecule has 2 amide bonds. The van der Waals surface area contributed by atoms with Gasteiger partial charge in [0.25, 0.3) is 11.8 Å². The van der Waals surface area contributed by atoms with Gasteiger partial charge in [0.05, 0.1) is 18.8 Å². The van der Waals surface area contributed by atoms with Crippen LogP contribution in [0.15, 0.2) is 30.0 Å². The molecular formula is C24H35N3O4. The minimum atomic E-state index is -0.206. The van der Waals surface area contributed by atoms with Crippen molar-refractivity contribution in [2.24, 2.45) is 5.92 Å². The number of carbonyl (C=O) groups is 2. The van der Waals surface area contributed by atoms with Gasteiger partial charge in [-0.15, -0.1) is 0 Å². The fourth-order valence-electron chi connectivity index (χ4n) is 3.95. The summed E-state index contributed by atoms with van der Waals surface area (Å²) in [5.41, 5.74) is 1.76. The van der Waals surface area contributed by atoms with Crippen molar-refractivity contribution in [3.05, 3.63) is 35.5 Å². The number of hydrogen-bond acceptors (Lipinski definition) is 6. The molecule has 7 heteroatoms. The van der Waals surface area contributed by atoms with Crippen LogP contribution in [0.2, 0.25) is 0 Å². The average molecular weight is 430 g/mol. The summed E-state index contributed by atoms with van der Waals surface area (Å²) in [5, 5.41) is 9.19. The highest BCUT2D eigenvalue weighted by molar-refractivity contribution is 6.35. The van der Waals surface area contributed by atoms with Crippen LogP contribution in [0.1, 0.15) is 39.2 Å². The molecule has 0 unspecified atom stereocenters. The van der Waals surface area contributed by atoms with Crippen LogP contribution in [-0.4, -0.2) is 84.1 Å². The molecule has 3 rings (SSSR count). The van der Waals surface area contributed by atoms with Crippen molar-refractivity contribution >= 4 is 17.4 Å². The molecule has 0 radical (unpaired) electrons. The molecule has 0 bridgehead atoms. The van der Waals surface area contributed by atoms with Crippen molar-refractivity contribution in [2.75, 3.05) is 52.5 Å². The third-order valence-corrected chi connectivity index (χ3v) is 5.71. The maximum Gasteiger partial charge on any atom is 0.277 e. The second-order valence-electron chi connectivity index (χ2n) is 8.62. The molecule has 2 aliphatic rings. The molecule has 1 aromatic rings. The third kappa shape index (κ3) is 5.46. The van der Waals surface area contributed by atoms with Crippen LogP contribution in [0.3, 0.4) is 0 Å². The second kappa shape index (κ2) is 10.8. The summed E-state index contributed by atoms with van der Waals surface area (Å²) in [5.74, 6) is 0.794. The average Bonchev–Trinajstić information content (AvgIpc) is 3.01. The lowest BCUT2D eigenvalue weighted by Gasteiger charge is -2.36. The van der Waals surface area contributed by atoms with Gasteiger partial charge >= 0.3 is 0 Å². The highest BCUT2D eigenvalue weighted by atomic mass is 16.5. The number of carbonyl (C=O) groups excluding carboxylic acids is 2. The number of unbranched alkanes of at least 4 members (excludes halogenated alkanes) is 1. The van der Waals surface area contributed by atoms with Crippen molar-refractivity contribution in [1.82, 2.24) is 14.7 Å². The maximum atomic E-state index is 13.3. The van der Waals surface area contributed by atoms with Gasteiger partial charge in [-0.2, -0.15) is 0 Å². The Bertz CT molecular complexity index is 796. The van der Waals surface area contributed by atoms with Crippen molar-refractivity contribution < 1.29 is 19.4 Å². The number of aliphatic hydroxyl groups is 1. The molecule has 1 saturated heterocycles. The third-order valence-electron chi connectivity index (χ3n) is 5.71. The quantitative estimate of drug-likeness (QED) is 0.575. The van der Waals surface area contributed by atoms with Crippen LogP contribution in [0.25, 0.3) is 5.57 Å². The summed E-state index contributed by atoms with van der Waals surface area (Å²) >= 11 is 0. The lowest BCUT2D eigenvalue weighted by molar-refractivity contribution is -0.137. The summed E-state index contributed by atoms with van der Waals surface area (Å²) in [6, 6.07) is 7.49. The van der Waals surface area contributed by atoms with Crippen LogP contribution < -0.4 is 4.74 Å². The predicted octanol–water partition coefficient (Wildman–Crippen LogP) is 2.21. The molecule has 7 nitrogen and oxygen atoms in total. The number of benzene rings is 1. The summed E-state index contributed by atoms with van der Waals surface area (Å²) in [4.78, 5) is 32.2. The van der Waals surface area contributed by atoms with E-state index in [1.54, 1.807) is 0 Å². The lowest BCUT2D eigenvalue weighted by Crippen LogP contribution is -2.48. The molecule has 0 saturated carbocycles. The minimum Gasteiger partial charge on any atom is -0.493 e. The van der Waals surface area contributed by atoms with Gasteiger partial charge in [0.15, 0.2) is 0 Å². The minimum absolute atomic E-state index is 0.126. The van der Waals surface area contributed by atoms with Crippen molar-refractivity contribution in [3.63, 3.8) is 0 Å². The topological polar surface area (TPSA) is 73.3 Å². The summed E-state index contributed by atoms with van der Waals surface area (Å²) in [7, 11) is 0. The van der Waals surface area contributed by atoms with E-state index in [1.807, 2.05) is 29.2 Å². The first kappa shape index (κ1) is 23.3. The molecule has 0 aliphatic carbocycles. The Morgan fingerprint density at radius 2 is 1.68 bits per heavy atom. The molecule has 1 N–H and O–H groups in total. The van der Waals surface area contributed by atoms with Crippen LogP contribution in [-0.2, 0) is 9.59 Å². The van der Waals surface area contributed by atoms with Gasteiger partial charge in [-0.3, -0.25) is 19.4 Å². The number of β-amino-alcohol motifs (C(OH)–C–C–N with tert-alkyl or cyclic N) is 1. The Balaban J connectivity index is 1.87. The summed E-state index contributed by atoms with van der Waals surface area (Å²) in [6.45, 7) is 10.9. The number of amides is 2. The highest BCUT2D eigenvalue weighted by Gasteiger charge is 2.41. The van der Waals surface area contributed by atoms with Crippen molar-refractivity contribution in [3.8, 4) is 5.75 Å². The van der Waals surface area contributed by atoms with E-state index in [4.69, 9.17) is 4.74 Å². The molecule has 31 heavy (non-hydrogen) atoms. The van der Waals surface area contributed by atoms with E-state index >= 15 is 0 Å². The van der Waals surface area contributed by atoms with Gasteiger partial charge in [-0.1, -0.05) is 39.3 Å². The maximum absolute atomic E-state index is 13.3. The SMILES string of the molecule is CCCCN1C(=O)C(c2ccc(OCC(C)C)cc2)=C(N2CCN(CCO)CC2)C1=O. The zero-order valence-corrected chi connectivity index (χ0v) is 19.0. The number of imide groups is 1. The number of piperazine rings is 1. The molecule has 2 aliphatic heterocycles. The Morgan fingerprint density at radius 1 is 1.00 bits per heavy atom. The normalized spacial score (nSPS) is 18.0. The first-order chi connectivity index (χ1) is 15.0. The van der Waals surface area contributed by atoms with E-state index in [0.29, 0.717) is 50.0 Å². The number of ether oxygens (including phenoxy) is 1. The van der Waals surface area contributed by atoms with E-state index in [2.05, 4.69) is 25.7 Å². The number of aliphatic hydroxyl groups excluding tert-OH is 1. The first-order valence-corrected chi connectivity index (χ1v) is 11.4. The van der Waals surface area contributed by atoms with Gasteiger partial charge in [-0.05, 0) is 30.0 Å². The molecule has 170 valence electrons. The Hall–Kier alpha value is -2.38. The molecular weight excluding hydrogens is 394 g/mol. The molecule has 0 atom stereocenters. The van der Waals surface area contributed by atoms with Gasteiger partial charge in [0.1, 0.15) is 11.4 Å². The van der Waals surface area contributed by atoms with Crippen LogP contribution in [0.4, 0.5) is 0 Å². The zero-order chi connectivity index (χ0) is 22.4. The number of rotatable bonds is 10. The van der Waals surface area contributed by atoms with Gasteiger partial charge in [0.2, 0.25) is 0 Å². The van der Waals surface area contributed by atoms with Crippen LogP contribution in [0, 0.1) is 5.92 Å². The standard InChI is InChI=1S/C24H35N3O4/c1-4-5-10-27-23(29)21(19-6-8-20(9-7-19)31-17-18(2)3)22(24(27)30)26-13-11-25(12-14-26)15-16-28/h6-9,18,28H,4-5,10-17H2,1-3H3. The predicted molar refractivity (Wildman–Crippen MR) is 120 cm³/mol. The van der Waals surface area contributed by atoms with E-state index in [1.165, 1.54) is 4.90 Å². The molecule has 1 aromatic carbocycles. The van der Waals surface area contributed by atoms with Gasteiger partial charge in [-0.25, -0.2) is 0 Å². The lowest BCUT2D eigenvalue weighted by atomic mass is 10.0. The summed E-state index contributed by atoms with van der Waals surface area (Å²) < 4.78 is 5.77. The van der Waals surface area contributed by atoms with E-state index in [0.717, 1.165) is 37.2 Å². The summed E-state index contributed by atoms with van der Waals surface area (Å²) in [6.07, 6.45) is 1.72.